The minimum absolute atomic E-state index is 0.372. The van der Waals surface area contributed by atoms with Crippen LogP contribution in [-0.2, 0) is 6.42 Å². The van der Waals surface area contributed by atoms with Crippen LogP contribution in [0, 0.1) is 0 Å². The van der Waals surface area contributed by atoms with Crippen LogP contribution in [0.1, 0.15) is 22.8 Å². The Balaban J connectivity index is 3.12. The van der Waals surface area contributed by atoms with Gasteiger partial charge in [-0.15, -0.1) is 0 Å². The third-order valence-electron chi connectivity index (χ3n) is 1.95. The summed E-state index contributed by atoms with van der Waals surface area (Å²) < 4.78 is 36.3. The average molecular weight is 237 g/mol. The lowest BCUT2D eigenvalue weighted by atomic mass is 10.1. The topological polar surface area (TPSA) is 17.1 Å². The molecule has 0 saturated heterocycles. The van der Waals surface area contributed by atoms with Gasteiger partial charge in [0.05, 0.1) is 0 Å². The maximum Gasteiger partial charge on any atom is 0.454 e. The van der Waals surface area contributed by atoms with Gasteiger partial charge in [0, 0.05) is 10.6 Å². The molecule has 0 N–H and O–H groups in total. The molecule has 15 heavy (non-hydrogen) atoms. The first kappa shape index (κ1) is 12.0. The maximum atomic E-state index is 12.1. The SMILES string of the molecule is CCc1cc(C(=O)C(F)(F)F)ccc1Cl. The van der Waals surface area contributed by atoms with Gasteiger partial charge in [-0.3, -0.25) is 4.79 Å². The fourth-order valence-corrected chi connectivity index (χ4v) is 1.40. The third kappa shape index (κ3) is 2.72. The standard InChI is InChI=1S/C10H8ClF3O/c1-2-6-5-7(3-4-8(6)11)9(15)10(12,13)14/h3-5H,2H2,1H3. The molecule has 0 amide bonds. The summed E-state index contributed by atoms with van der Waals surface area (Å²) >= 11 is 5.72. The Kier molecular flexibility index (Phi) is 3.39. The van der Waals surface area contributed by atoms with Crippen molar-refractivity contribution in [2.45, 2.75) is 19.5 Å². The van der Waals surface area contributed by atoms with E-state index < -0.39 is 12.0 Å². The molecule has 0 aliphatic heterocycles. The number of hydrogen-bond donors (Lipinski definition) is 0. The Labute approximate surface area is 89.9 Å². The second kappa shape index (κ2) is 4.23. The number of benzene rings is 1. The van der Waals surface area contributed by atoms with Crippen LogP contribution in [0.4, 0.5) is 13.2 Å². The predicted octanol–water partition coefficient (Wildman–Crippen LogP) is 3.65. The number of alkyl halides is 3. The van der Waals surface area contributed by atoms with Crippen molar-refractivity contribution >= 4 is 17.4 Å². The fraction of sp³-hybridized carbons (Fsp3) is 0.300. The molecule has 0 bridgehead atoms. The largest absolute Gasteiger partial charge is 0.454 e. The van der Waals surface area contributed by atoms with Gasteiger partial charge in [0.15, 0.2) is 0 Å². The van der Waals surface area contributed by atoms with Crippen LogP contribution in [0.5, 0.6) is 0 Å². The van der Waals surface area contributed by atoms with Gasteiger partial charge < -0.3 is 0 Å². The normalized spacial score (nSPS) is 11.5. The fourth-order valence-electron chi connectivity index (χ4n) is 1.15. The van der Waals surface area contributed by atoms with Gasteiger partial charge in [-0.05, 0) is 30.2 Å². The minimum atomic E-state index is -4.83. The molecule has 5 heteroatoms. The molecule has 1 aromatic carbocycles. The summed E-state index contributed by atoms with van der Waals surface area (Å²) in [5, 5.41) is 0.372. The lowest BCUT2D eigenvalue weighted by Gasteiger charge is -2.07. The first-order valence-electron chi connectivity index (χ1n) is 4.26. The molecule has 0 spiro atoms. The van der Waals surface area contributed by atoms with Gasteiger partial charge in [0.25, 0.3) is 5.78 Å². The molecule has 0 aromatic heterocycles. The number of hydrogen-bond acceptors (Lipinski definition) is 1. The highest BCUT2D eigenvalue weighted by Crippen LogP contribution is 2.24. The molecule has 0 heterocycles. The smallest absolute Gasteiger partial charge is 0.284 e. The van der Waals surface area contributed by atoms with E-state index in [0.717, 1.165) is 6.07 Å². The summed E-state index contributed by atoms with van der Waals surface area (Å²) in [5.41, 5.74) is 0.163. The first-order chi connectivity index (χ1) is 6.86. The Bertz CT molecular complexity index is 385. The van der Waals surface area contributed by atoms with Gasteiger partial charge in [0.1, 0.15) is 0 Å². The zero-order valence-electron chi connectivity index (χ0n) is 7.86. The first-order valence-corrected chi connectivity index (χ1v) is 4.64. The van der Waals surface area contributed by atoms with Crippen molar-refractivity contribution in [3.05, 3.63) is 34.3 Å². The maximum absolute atomic E-state index is 12.1. The van der Waals surface area contributed by atoms with Gasteiger partial charge in [-0.25, -0.2) is 0 Å². The summed E-state index contributed by atoms with van der Waals surface area (Å²) in [6, 6.07) is 3.56. The molecule has 0 radical (unpaired) electrons. The highest BCUT2D eigenvalue weighted by molar-refractivity contribution is 6.31. The molecule has 82 valence electrons. The third-order valence-corrected chi connectivity index (χ3v) is 2.31. The van der Waals surface area contributed by atoms with Gasteiger partial charge >= 0.3 is 6.18 Å². The number of aryl methyl sites for hydroxylation is 1. The molecule has 1 nitrogen and oxygen atoms in total. The Morgan fingerprint density at radius 3 is 2.47 bits per heavy atom. The van der Waals surface area contributed by atoms with Crippen molar-refractivity contribution in [2.75, 3.05) is 0 Å². The zero-order valence-corrected chi connectivity index (χ0v) is 8.62. The predicted molar refractivity (Wildman–Crippen MR) is 51.2 cm³/mol. The molecule has 0 atom stereocenters. The highest BCUT2D eigenvalue weighted by atomic mass is 35.5. The number of rotatable bonds is 2. The monoisotopic (exact) mass is 236 g/mol. The van der Waals surface area contributed by atoms with Crippen molar-refractivity contribution in [1.29, 1.82) is 0 Å². The van der Waals surface area contributed by atoms with Crippen molar-refractivity contribution < 1.29 is 18.0 Å². The van der Waals surface area contributed by atoms with Crippen molar-refractivity contribution in [2.24, 2.45) is 0 Å². The summed E-state index contributed by atoms with van der Waals surface area (Å²) in [6.45, 7) is 1.75. The molecular formula is C10H8ClF3O. The molecule has 0 aliphatic carbocycles. The van der Waals surface area contributed by atoms with Crippen LogP contribution < -0.4 is 0 Å². The summed E-state index contributed by atoms with van der Waals surface area (Å²) in [4.78, 5) is 10.9. The van der Waals surface area contributed by atoms with E-state index in [4.69, 9.17) is 11.6 Å². The molecule has 0 saturated carbocycles. The summed E-state index contributed by atoms with van der Waals surface area (Å²) in [7, 11) is 0. The van der Waals surface area contributed by atoms with Crippen LogP contribution in [0.3, 0.4) is 0 Å². The van der Waals surface area contributed by atoms with Crippen molar-refractivity contribution in [3.63, 3.8) is 0 Å². The van der Waals surface area contributed by atoms with E-state index >= 15 is 0 Å². The van der Waals surface area contributed by atoms with E-state index in [-0.39, 0.29) is 5.56 Å². The minimum Gasteiger partial charge on any atom is -0.284 e. The van der Waals surface area contributed by atoms with E-state index in [2.05, 4.69) is 0 Å². The van der Waals surface area contributed by atoms with Crippen LogP contribution in [0.2, 0.25) is 5.02 Å². The summed E-state index contributed by atoms with van der Waals surface area (Å²) in [6.07, 6.45) is -4.35. The van der Waals surface area contributed by atoms with E-state index in [1.54, 1.807) is 6.92 Å². The molecule has 1 aromatic rings. The number of Topliss-reactive ketones (excluding diaryl/α,β-unsaturated/α-hetero) is 1. The van der Waals surface area contributed by atoms with Crippen LogP contribution in [-0.4, -0.2) is 12.0 Å². The lowest BCUT2D eigenvalue weighted by Crippen LogP contribution is -2.22. The van der Waals surface area contributed by atoms with Crippen molar-refractivity contribution in [1.82, 2.24) is 0 Å². The van der Waals surface area contributed by atoms with Gasteiger partial charge in [-0.1, -0.05) is 18.5 Å². The number of ketones is 1. The molecule has 0 unspecified atom stereocenters. The molecular weight excluding hydrogens is 229 g/mol. The summed E-state index contributed by atoms with van der Waals surface area (Å²) in [5.74, 6) is -1.84. The Morgan fingerprint density at radius 1 is 1.40 bits per heavy atom. The van der Waals surface area contributed by atoms with Crippen LogP contribution in [0.15, 0.2) is 18.2 Å². The Morgan fingerprint density at radius 2 is 2.00 bits per heavy atom. The van der Waals surface area contributed by atoms with E-state index in [1.807, 2.05) is 0 Å². The van der Waals surface area contributed by atoms with Gasteiger partial charge in [0.2, 0.25) is 0 Å². The van der Waals surface area contributed by atoms with E-state index in [9.17, 15) is 18.0 Å². The second-order valence-electron chi connectivity index (χ2n) is 2.99. The molecule has 0 fully saturated rings. The number of carbonyl (C=O) groups excluding carboxylic acids is 1. The van der Waals surface area contributed by atoms with E-state index in [1.165, 1.54) is 12.1 Å². The van der Waals surface area contributed by atoms with Gasteiger partial charge in [-0.2, -0.15) is 13.2 Å². The number of halogens is 4. The molecule has 1 rings (SSSR count). The number of carbonyl (C=O) groups is 1. The Hall–Kier alpha value is -1.03. The van der Waals surface area contributed by atoms with Crippen LogP contribution >= 0.6 is 11.6 Å². The van der Waals surface area contributed by atoms with E-state index in [0.29, 0.717) is 17.0 Å². The quantitative estimate of drug-likeness (QED) is 0.717. The van der Waals surface area contributed by atoms with Crippen molar-refractivity contribution in [3.8, 4) is 0 Å². The lowest BCUT2D eigenvalue weighted by molar-refractivity contribution is -0.0885. The zero-order chi connectivity index (χ0) is 11.6. The second-order valence-corrected chi connectivity index (χ2v) is 3.39. The van der Waals surface area contributed by atoms with Crippen LogP contribution in [0.25, 0.3) is 0 Å². The average Bonchev–Trinajstić information content (AvgIpc) is 2.16. The molecule has 0 aliphatic rings. The highest BCUT2D eigenvalue weighted by Gasteiger charge is 2.39.